The fourth-order valence-corrected chi connectivity index (χ4v) is 2.60. The molecule has 1 aliphatic heterocycles. The second-order valence-electron chi connectivity index (χ2n) is 4.98. The Morgan fingerprint density at radius 1 is 1.24 bits per heavy atom. The molecular weight excluding hydrogens is 214 g/mol. The molecular formula is C14H17NO2. The number of likely N-dealkylation sites (tertiary alicyclic amines) is 1. The number of hydrogen-bond acceptors (Lipinski definition) is 3. The Hall–Kier alpha value is -1.32. The molecule has 2 heterocycles. The van der Waals surface area contributed by atoms with Crippen LogP contribution in [0.15, 0.2) is 34.9 Å². The average molecular weight is 231 g/mol. The fraction of sp³-hybridized carbons (Fsp3) is 0.429. The average Bonchev–Trinajstić information content (AvgIpc) is 2.78. The van der Waals surface area contributed by atoms with Crippen LogP contribution in [0.1, 0.15) is 18.4 Å². The molecule has 2 aromatic rings. The molecule has 17 heavy (non-hydrogen) atoms. The number of aliphatic hydroxyl groups is 1. The molecule has 3 nitrogen and oxygen atoms in total. The zero-order valence-electron chi connectivity index (χ0n) is 10.0. The molecule has 3 rings (SSSR count). The van der Waals surface area contributed by atoms with Gasteiger partial charge in [0.1, 0.15) is 5.58 Å². The number of piperidine rings is 1. The van der Waals surface area contributed by atoms with Crippen molar-refractivity contribution in [3.8, 4) is 0 Å². The monoisotopic (exact) mass is 231 g/mol. The zero-order valence-corrected chi connectivity index (χ0v) is 10.0. The van der Waals surface area contributed by atoms with Gasteiger partial charge in [-0.1, -0.05) is 18.2 Å². The Kier molecular flexibility index (Phi) is 2.45. The van der Waals surface area contributed by atoms with Gasteiger partial charge >= 0.3 is 0 Å². The molecule has 1 saturated heterocycles. The molecule has 1 fully saturated rings. The van der Waals surface area contributed by atoms with Crippen molar-refractivity contribution in [1.29, 1.82) is 0 Å². The van der Waals surface area contributed by atoms with Gasteiger partial charge in [0.25, 0.3) is 0 Å². The summed E-state index contributed by atoms with van der Waals surface area (Å²) in [6.07, 6.45) is 3.26. The van der Waals surface area contributed by atoms with E-state index >= 15 is 0 Å². The Balaban J connectivity index is 2.03. The van der Waals surface area contributed by atoms with Crippen LogP contribution in [0, 0.1) is 0 Å². The quantitative estimate of drug-likeness (QED) is 0.818. The number of furan rings is 1. The minimum atomic E-state index is -0.723. The number of fused-ring (bicyclic) bond motifs is 1. The summed E-state index contributed by atoms with van der Waals surface area (Å²) in [4.78, 5) is 2.25. The predicted octanol–water partition coefficient (Wildman–Crippen LogP) is 2.35. The smallest absolute Gasteiger partial charge is 0.134 e. The van der Waals surface area contributed by atoms with Gasteiger partial charge in [-0.15, -0.1) is 0 Å². The summed E-state index contributed by atoms with van der Waals surface area (Å²) in [5.74, 6) is 0. The van der Waals surface area contributed by atoms with Crippen LogP contribution in [0.4, 0.5) is 0 Å². The van der Waals surface area contributed by atoms with E-state index in [1.165, 1.54) is 0 Å². The van der Waals surface area contributed by atoms with Crippen LogP contribution < -0.4 is 0 Å². The van der Waals surface area contributed by atoms with Crippen molar-refractivity contribution in [1.82, 2.24) is 4.90 Å². The molecule has 0 atom stereocenters. The Labute approximate surface area is 101 Å². The number of benzene rings is 1. The number of nitrogens with zero attached hydrogens (tertiary/aromatic N) is 1. The fourth-order valence-electron chi connectivity index (χ4n) is 2.60. The van der Waals surface area contributed by atoms with Crippen LogP contribution in [0.2, 0.25) is 0 Å². The van der Waals surface area contributed by atoms with E-state index < -0.39 is 5.60 Å². The first-order valence-corrected chi connectivity index (χ1v) is 6.07. The molecule has 1 aromatic heterocycles. The standard InChI is InChI=1S/C14H17NO2/c1-15-8-6-14(16,7-9-15)12-10-17-13-5-3-2-4-11(12)13/h2-5,10,16H,6-9H2,1H3. The van der Waals surface area contributed by atoms with E-state index in [1.54, 1.807) is 6.26 Å². The minimum absolute atomic E-state index is 0.723. The first-order chi connectivity index (χ1) is 8.19. The number of para-hydroxylation sites is 1. The first-order valence-electron chi connectivity index (χ1n) is 6.07. The van der Waals surface area contributed by atoms with Gasteiger partial charge in [0.15, 0.2) is 0 Å². The van der Waals surface area contributed by atoms with Crippen LogP contribution >= 0.6 is 0 Å². The van der Waals surface area contributed by atoms with E-state index in [9.17, 15) is 5.11 Å². The largest absolute Gasteiger partial charge is 0.464 e. The maximum atomic E-state index is 10.8. The molecule has 90 valence electrons. The highest BCUT2D eigenvalue weighted by Crippen LogP contribution is 2.37. The molecule has 0 bridgehead atoms. The van der Waals surface area contributed by atoms with Crippen LogP contribution in [-0.4, -0.2) is 30.1 Å². The van der Waals surface area contributed by atoms with Crippen molar-refractivity contribution in [2.75, 3.05) is 20.1 Å². The highest BCUT2D eigenvalue weighted by molar-refractivity contribution is 5.81. The van der Waals surface area contributed by atoms with Crippen molar-refractivity contribution in [2.45, 2.75) is 18.4 Å². The molecule has 3 heteroatoms. The summed E-state index contributed by atoms with van der Waals surface area (Å²) >= 11 is 0. The predicted molar refractivity (Wildman–Crippen MR) is 66.8 cm³/mol. The lowest BCUT2D eigenvalue weighted by molar-refractivity contribution is -0.0196. The SMILES string of the molecule is CN1CCC(O)(c2coc3ccccc23)CC1. The minimum Gasteiger partial charge on any atom is -0.464 e. The van der Waals surface area contributed by atoms with E-state index in [1.807, 2.05) is 24.3 Å². The molecule has 0 spiro atoms. The second kappa shape index (κ2) is 3.86. The summed E-state index contributed by atoms with van der Waals surface area (Å²) in [6.45, 7) is 1.85. The Morgan fingerprint density at radius 2 is 1.94 bits per heavy atom. The second-order valence-corrected chi connectivity index (χ2v) is 4.98. The van der Waals surface area contributed by atoms with Gasteiger partial charge < -0.3 is 14.4 Å². The Bertz CT molecular complexity index is 524. The van der Waals surface area contributed by atoms with Crippen LogP contribution in [0.5, 0.6) is 0 Å². The summed E-state index contributed by atoms with van der Waals surface area (Å²) in [5, 5.41) is 11.8. The molecule has 1 aromatic carbocycles. The van der Waals surface area contributed by atoms with Gasteiger partial charge in [0.05, 0.1) is 11.9 Å². The summed E-state index contributed by atoms with van der Waals surface area (Å²) in [6, 6.07) is 7.90. The van der Waals surface area contributed by atoms with Gasteiger partial charge in [0, 0.05) is 24.0 Å². The molecule has 0 amide bonds. The van der Waals surface area contributed by atoms with Gasteiger partial charge in [-0.3, -0.25) is 0 Å². The third kappa shape index (κ3) is 1.75. The first kappa shape index (κ1) is 10.8. The van der Waals surface area contributed by atoms with Gasteiger partial charge in [0.2, 0.25) is 0 Å². The molecule has 1 N–H and O–H groups in total. The zero-order chi connectivity index (χ0) is 11.9. The maximum Gasteiger partial charge on any atom is 0.134 e. The maximum absolute atomic E-state index is 10.8. The van der Waals surface area contributed by atoms with E-state index in [0.29, 0.717) is 0 Å². The highest BCUT2D eigenvalue weighted by atomic mass is 16.3. The normalized spacial score (nSPS) is 20.8. The van der Waals surface area contributed by atoms with E-state index in [0.717, 1.165) is 42.5 Å². The topological polar surface area (TPSA) is 36.6 Å². The van der Waals surface area contributed by atoms with Crippen LogP contribution in [0.25, 0.3) is 11.0 Å². The molecule has 0 radical (unpaired) electrons. The summed E-state index contributed by atoms with van der Waals surface area (Å²) < 4.78 is 5.52. The highest BCUT2D eigenvalue weighted by Gasteiger charge is 2.35. The molecule has 0 saturated carbocycles. The Morgan fingerprint density at radius 3 is 2.71 bits per heavy atom. The third-order valence-corrected chi connectivity index (χ3v) is 3.80. The molecule has 0 unspecified atom stereocenters. The van der Waals surface area contributed by atoms with Crippen LogP contribution in [-0.2, 0) is 5.60 Å². The molecule has 0 aliphatic carbocycles. The number of hydrogen-bond donors (Lipinski definition) is 1. The third-order valence-electron chi connectivity index (χ3n) is 3.80. The lowest BCUT2D eigenvalue weighted by atomic mass is 9.84. The van der Waals surface area contributed by atoms with Crippen molar-refractivity contribution >= 4 is 11.0 Å². The molecule has 1 aliphatic rings. The van der Waals surface area contributed by atoms with Crippen molar-refractivity contribution in [3.63, 3.8) is 0 Å². The summed E-state index contributed by atoms with van der Waals surface area (Å²) in [5.41, 5.74) is 1.08. The summed E-state index contributed by atoms with van der Waals surface area (Å²) in [7, 11) is 2.09. The van der Waals surface area contributed by atoms with E-state index in [4.69, 9.17) is 4.42 Å². The van der Waals surface area contributed by atoms with Gasteiger partial charge in [-0.25, -0.2) is 0 Å². The van der Waals surface area contributed by atoms with Crippen molar-refractivity contribution in [3.05, 3.63) is 36.1 Å². The number of rotatable bonds is 1. The van der Waals surface area contributed by atoms with E-state index in [-0.39, 0.29) is 0 Å². The lowest BCUT2D eigenvalue weighted by Crippen LogP contribution is -2.40. The lowest BCUT2D eigenvalue weighted by Gasteiger charge is -2.36. The van der Waals surface area contributed by atoms with Gasteiger partial charge in [-0.2, -0.15) is 0 Å². The van der Waals surface area contributed by atoms with Gasteiger partial charge in [-0.05, 0) is 26.0 Å². The van der Waals surface area contributed by atoms with E-state index in [2.05, 4.69) is 11.9 Å². The van der Waals surface area contributed by atoms with Crippen molar-refractivity contribution in [2.24, 2.45) is 0 Å². The van der Waals surface area contributed by atoms with Crippen LogP contribution in [0.3, 0.4) is 0 Å². The van der Waals surface area contributed by atoms with Crippen molar-refractivity contribution < 1.29 is 9.52 Å².